The van der Waals surface area contributed by atoms with Gasteiger partial charge in [-0.15, -0.1) is 0 Å². The number of hydrogen-bond acceptors (Lipinski definition) is 1. The van der Waals surface area contributed by atoms with Crippen LogP contribution in [0.1, 0.15) is 16.7 Å². The van der Waals surface area contributed by atoms with Gasteiger partial charge < -0.3 is 10.6 Å². The predicted molar refractivity (Wildman–Crippen MR) is 84.6 cm³/mol. The average Bonchev–Trinajstić information content (AvgIpc) is 2.51. The Bertz CT molecular complexity index is 606. The van der Waals surface area contributed by atoms with E-state index in [9.17, 15) is 4.39 Å². The lowest BCUT2D eigenvalue weighted by Crippen LogP contribution is -2.36. The van der Waals surface area contributed by atoms with Crippen molar-refractivity contribution in [2.45, 2.75) is 20.0 Å². The molecule has 0 heterocycles. The van der Waals surface area contributed by atoms with E-state index >= 15 is 0 Å². The third-order valence-electron chi connectivity index (χ3n) is 3.21. The topological polar surface area (TPSA) is 36.4 Å². The summed E-state index contributed by atoms with van der Waals surface area (Å²) in [4.78, 5) is 4.14. The number of nitrogens with zero attached hydrogens (tertiary/aromatic N) is 1. The monoisotopic (exact) mass is 285 g/mol. The number of aryl methyl sites for hydroxylation is 1. The number of halogens is 1. The summed E-state index contributed by atoms with van der Waals surface area (Å²) in [5, 5.41) is 6.32. The summed E-state index contributed by atoms with van der Waals surface area (Å²) in [5.74, 6) is 0.442. The van der Waals surface area contributed by atoms with Crippen molar-refractivity contribution in [3.05, 3.63) is 71.0 Å². The van der Waals surface area contributed by atoms with E-state index in [1.54, 1.807) is 19.2 Å². The average molecular weight is 285 g/mol. The van der Waals surface area contributed by atoms with E-state index in [1.165, 1.54) is 17.2 Å². The maximum Gasteiger partial charge on any atom is 0.191 e. The summed E-state index contributed by atoms with van der Waals surface area (Å²) in [5.41, 5.74) is 3.03. The molecule has 4 heteroatoms. The van der Waals surface area contributed by atoms with Gasteiger partial charge in [-0.3, -0.25) is 4.99 Å². The van der Waals surface area contributed by atoms with Gasteiger partial charge in [0, 0.05) is 25.7 Å². The molecule has 0 radical (unpaired) electrons. The molecule has 0 unspecified atom stereocenters. The van der Waals surface area contributed by atoms with Crippen LogP contribution >= 0.6 is 0 Å². The molecule has 2 N–H and O–H groups in total. The Morgan fingerprint density at radius 2 is 1.67 bits per heavy atom. The third-order valence-corrected chi connectivity index (χ3v) is 3.21. The highest BCUT2D eigenvalue weighted by Gasteiger charge is 2.02. The fourth-order valence-corrected chi connectivity index (χ4v) is 1.93. The molecule has 2 aromatic carbocycles. The lowest BCUT2D eigenvalue weighted by atomic mass is 10.1. The summed E-state index contributed by atoms with van der Waals surface area (Å²) in [6, 6.07) is 15.0. The second kappa shape index (κ2) is 7.43. The molecule has 0 fully saturated rings. The minimum Gasteiger partial charge on any atom is -0.352 e. The van der Waals surface area contributed by atoms with Crippen molar-refractivity contribution in [3.8, 4) is 0 Å². The van der Waals surface area contributed by atoms with Gasteiger partial charge in [0.15, 0.2) is 5.96 Å². The number of guanidine groups is 1. The van der Waals surface area contributed by atoms with E-state index in [-0.39, 0.29) is 5.82 Å². The first-order valence-corrected chi connectivity index (χ1v) is 6.92. The Morgan fingerprint density at radius 3 is 2.33 bits per heavy atom. The van der Waals surface area contributed by atoms with Crippen LogP contribution in [0.5, 0.6) is 0 Å². The van der Waals surface area contributed by atoms with Crippen LogP contribution in [0.3, 0.4) is 0 Å². The van der Waals surface area contributed by atoms with E-state index in [2.05, 4.69) is 46.8 Å². The fourth-order valence-electron chi connectivity index (χ4n) is 1.93. The molecule has 21 heavy (non-hydrogen) atoms. The molecular weight excluding hydrogens is 265 g/mol. The first kappa shape index (κ1) is 15.0. The molecule has 110 valence electrons. The minimum atomic E-state index is -0.209. The van der Waals surface area contributed by atoms with Gasteiger partial charge in [-0.25, -0.2) is 4.39 Å². The first-order valence-electron chi connectivity index (χ1n) is 6.92. The van der Waals surface area contributed by atoms with Crippen molar-refractivity contribution in [2.75, 3.05) is 7.05 Å². The molecule has 0 aliphatic carbocycles. The van der Waals surface area contributed by atoms with Gasteiger partial charge in [0.2, 0.25) is 0 Å². The largest absolute Gasteiger partial charge is 0.352 e. The highest BCUT2D eigenvalue weighted by atomic mass is 19.1. The quantitative estimate of drug-likeness (QED) is 0.669. The van der Waals surface area contributed by atoms with Crippen LogP contribution in [0.15, 0.2) is 53.5 Å². The molecule has 0 saturated carbocycles. The van der Waals surface area contributed by atoms with Gasteiger partial charge in [0.25, 0.3) is 0 Å². The Hall–Kier alpha value is -2.36. The Morgan fingerprint density at radius 1 is 1.00 bits per heavy atom. The van der Waals surface area contributed by atoms with Crippen LogP contribution in [0.25, 0.3) is 0 Å². The molecule has 0 atom stereocenters. The van der Waals surface area contributed by atoms with Crippen molar-refractivity contribution >= 4 is 5.96 Å². The highest BCUT2D eigenvalue weighted by Crippen LogP contribution is 2.05. The minimum absolute atomic E-state index is 0.209. The first-order chi connectivity index (χ1) is 10.2. The van der Waals surface area contributed by atoms with Gasteiger partial charge in [-0.1, -0.05) is 48.0 Å². The SMILES string of the molecule is CN=C(NCc1ccc(C)cc1)NCc1ccccc1F. The maximum atomic E-state index is 13.5. The molecule has 0 saturated heterocycles. The second-order valence-corrected chi connectivity index (χ2v) is 4.86. The van der Waals surface area contributed by atoms with Gasteiger partial charge in [0.1, 0.15) is 5.82 Å². The molecule has 2 aromatic rings. The van der Waals surface area contributed by atoms with Crippen LogP contribution in [0.2, 0.25) is 0 Å². The fraction of sp³-hybridized carbons (Fsp3) is 0.235. The molecule has 2 rings (SSSR count). The standard InChI is InChI=1S/C17H20FN3/c1-13-7-9-14(10-8-13)11-20-17(19-2)21-12-15-5-3-4-6-16(15)18/h3-10H,11-12H2,1-2H3,(H2,19,20,21). The second-order valence-electron chi connectivity index (χ2n) is 4.86. The predicted octanol–water partition coefficient (Wildman–Crippen LogP) is 3.00. The summed E-state index contributed by atoms with van der Waals surface area (Å²) < 4.78 is 13.5. The van der Waals surface area contributed by atoms with E-state index < -0.39 is 0 Å². The van der Waals surface area contributed by atoms with E-state index in [4.69, 9.17) is 0 Å². The molecule has 0 bridgehead atoms. The van der Waals surface area contributed by atoms with Crippen molar-refractivity contribution in [2.24, 2.45) is 4.99 Å². The summed E-state index contributed by atoms with van der Waals surface area (Å²) >= 11 is 0. The molecular formula is C17H20FN3. The molecule has 0 aromatic heterocycles. The Kier molecular flexibility index (Phi) is 5.32. The van der Waals surface area contributed by atoms with Gasteiger partial charge in [-0.2, -0.15) is 0 Å². The van der Waals surface area contributed by atoms with Crippen molar-refractivity contribution < 1.29 is 4.39 Å². The number of aliphatic imine (C=N–C) groups is 1. The number of hydrogen-bond donors (Lipinski definition) is 2. The number of nitrogens with one attached hydrogen (secondary N) is 2. The zero-order chi connectivity index (χ0) is 15.1. The van der Waals surface area contributed by atoms with Gasteiger partial charge in [0.05, 0.1) is 0 Å². The highest BCUT2D eigenvalue weighted by molar-refractivity contribution is 5.79. The lowest BCUT2D eigenvalue weighted by Gasteiger charge is -2.12. The Balaban J connectivity index is 1.86. The zero-order valence-electron chi connectivity index (χ0n) is 12.4. The molecule has 0 spiro atoms. The number of benzene rings is 2. The molecule has 0 aliphatic heterocycles. The smallest absolute Gasteiger partial charge is 0.191 e. The third kappa shape index (κ3) is 4.60. The van der Waals surface area contributed by atoms with Crippen LogP contribution in [0, 0.1) is 12.7 Å². The van der Waals surface area contributed by atoms with Crippen LogP contribution in [-0.4, -0.2) is 13.0 Å². The molecule has 0 aliphatic rings. The molecule has 0 amide bonds. The summed E-state index contributed by atoms with van der Waals surface area (Å²) in [6.45, 7) is 3.14. The summed E-state index contributed by atoms with van der Waals surface area (Å²) in [7, 11) is 1.70. The van der Waals surface area contributed by atoms with Crippen molar-refractivity contribution in [1.82, 2.24) is 10.6 Å². The van der Waals surface area contributed by atoms with Crippen molar-refractivity contribution in [1.29, 1.82) is 0 Å². The van der Waals surface area contributed by atoms with Gasteiger partial charge >= 0.3 is 0 Å². The van der Waals surface area contributed by atoms with Crippen molar-refractivity contribution in [3.63, 3.8) is 0 Å². The van der Waals surface area contributed by atoms with E-state index in [0.717, 1.165) is 0 Å². The van der Waals surface area contributed by atoms with Crippen LogP contribution in [0.4, 0.5) is 4.39 Å². The van der Waals surface area contributed by atoms with Crippen LogP contribution in [-0.2, 0) is 13.1 Å². The van der Waals surface area contributed by atoms with Crippen LogP contribution < -0.4 is 10.6 Å². The normalized spacial score (nSPS) is 11.3. The Labute approximate surface area is 124 Å². The summed E-state index contributed by atoms with van der Waals surface area (Å²) in [6.07, 6.45) is 0. The van der Waals surface area contributed by atoms with Gasteiger partial charge in [-0.05, 0) is 18.6 Å². The van der Waals surface area contributed by atoms with E-state index in [1.807, 2.05) is 6.07 Å². The van der Waals surface area contributed by atoms with E-state index in [0.29, 0.717) is 24.6 Å². The lowest BCUT2D eigenvalue weighted by molar-refractivity contribution is 0.604. The molecule has 3 nitrogen and oxygen atoms in total. The zero-order valence-corrected chi connectivity index (χ0v) is 12.4. The number of rotatable bonds is 4. The maximum absolute atomic E-state index is 13.5.